The lowest BCUT2D eigenvalue weighted by Crippen LogP contribution is -2.57. The first-order valence-corrected chi connectivity index (χ1v) is 21.8. The molecule has 0 radical (unpaired) electrons. The summed E-state index contributed by atoms with van der Waals surface area (Å²) in [5, 5.41) is 18.3. The van der Waals surface area contributed by atoms with E-state index in [2.05, 4.69) is 31.3 Å². The number of nitrogens with two attached hydrogens (primary N) is 2. The van der Waals surface area contributed by atoms with Gasteiger partial charge in [-0.25, -0.2) is 4.98 Å². The van der Waals surface area contributed by atoms with Crippen molar-refractivity contribution in [2.45, 2.75) is 93.1 Å². The van der Waals surface area contributed by atoms with Gasteiger partial charge in [-0.3, -0.25) is 19.2 Å². The minimum atomic E-state index is -1.01. The number of aromatic amines is 1. The molecule has 1 aliphatic rings. The van der Waals surface area contributed by atoms with Crippen molar-refractivity contribution in [3.05, 3.63) is 111 Å². The number of likely N-dealkylation sites (N-methyl/N-ethyl adjacent to an activating group) is 1. The van der Waals surface area contributed by atoms with Crippen molar-refractivity contribution in [3.63, 3.8) is 0 Å². The minimum Gasteiger partial charge on any atom is -0.361 e. The molecule has 1 aliphatic heterocycles. The molecule has 18 heteroatoms. The van der Waals surface area contributed by atoms with Crippen molar-refractivity contribution in [2.24, 2.45) is 21.8 Å². The minimum absolute atomic E-state index is 0.0262. The molecule has 0 unspecified atom stereocenters. The molecular weight excluding hydrogens is 828 g/mol. The maximum atomic E-state index is 14.8. The first-order valence-electron chi connectivity index (χ1n) is 20.6. The van der Waals surface area contributed by atoms with Crippen molar-refractivity contribution in [3.8, 4) is 11.1 Å². The molecule has 3 aromatic heterocycles. The van der Waals surface area contributed by atoms with Gasteiger partial charge in [0, 0.05) is 67.0 Å². The van der Waals surface area contributed by atoms with Gasteiger partial charge < -0.3 is 41.9 Å². The van der Waals surface area contributed by atoms with E-state index in [0.717, 1.165) is 22.0 Å². The average molecular weight is 882 g/mol. The quantitative estimate of drug-likeness (QED) is 0.0359. The number of pyridine rings is 2. The van der Waals surface area contributed by atoms with E-state index >= 15 is 0 Å². The zero-order valence-corrected chi connectivity index (χ0v) is 36.4. The number of H-pyrrole nitrogens is 1. The molecule has 16 nitrogen and oxygen atoms in total. The number of hydrogen-bond acceptors (Lipinski definition) is 11. The van der Waals surface area contributed by atoms with Crippen LogP contribution in [0.3, 0.4) is 0 Å². The van der Waals surface area contributed by atoms with Gasteiger partial charge in [-0.05, 0) is 104 Å². The Bertz CT molecular complexity index is 2490. The molecule has 0 aliphatic carbocycles. The molecule has 0 spiro atoms. The largest absolute Gasteiger partial charge is 0.361 e. The van der Waals surface area contributed by atoms with E-state index in [9.17, 15) is 19.2 Å². The lowest BCUT2D eigenvalue weighted by atomic mass is 9.99. The highest BCUT2D eigenvalue weighted by molar-refractivity contribution is 7.99. The Morgan fingerprint density at radius 3 is 2.53 bits per heavy atom. The molecule has 5 aromatic rings. The van der Waals surface area contributed by atoms with Crippen LogP contribution in [0, 0.1) is 5.53 Å². The van der Waals surface area contributed by atoms with E-state index in [1.807, 2.05) is 48.7 Å². The first-order chi connectivity index (χ1) is 30.0. The number of carbonyl (C=O) groups excluding carboxylic acids is 3. The number of nitrogens with zero attached hydrogens (tertiary/aromatic N) is 5. The summed E-state index contributed by atoms with van der Waals surface area (Å²) in [7, 11) is 1.59. The number of amides is 3. The van der Waals surface area contributed by atoms with Crippen molar-refractivity contribution in [1.82, 2.24) is 35.4 Å². The van der Waals surface area contributed by atoms with Crippen molar-refractivity contribution >= 4 is 57.7 Å². The first kappa shape index (κ1) is 45.8. The number of hydrogen-bond donors (Lipinski definition) is 7. The number of carbonyl (C=O) groups is 3. The Hall–Kier alpha value is -5.72. The van der Waals surface area contributed by atoms with E-state index in [1.165, 1.54) is 27.3 Å². The summed E-state index contributed by atoms with van der Waals surface area (Å²) in [5.41, 5.74) is 23.4. The fourth-order valence-corrected chi connectivity index (χ4v) is 8.92. The second-order valence-electron chi connectivity index (χ2n) is 15.2. The van der Waals surface area contributed by atoms with Gasteiger partial charge in [-0.15, -0.1) is 5.10 Å². The number of nitrogens with one attached hydrogen (secondary N) is 5. The Labute approximate surface area is 369 Å². The average Bonchev–Trinajstić information content (AvgIpc) is 3.68. The van der Waals surface area contributed by atoms with Crippen LogP contribution in [-0.2, 0) is 40.4 Å². The van der Waals surface area contributed by atoms with E-state index in [0.29, 0.717) is 82.5 Å². The lowest BCUT2D eigenvalue weighted by molar-refractivity contribution is -0.142. The molecule has 326 valence electrons. The van der Waals surface area contributed by atoms with Crippen LogP contribution in [0.2, 0.25) is 5.02 Å². The molecule has 0 fully saturated rings. The van der Waals surface area contributed by atoms with E-state index in [-0.39, 0.29) is 37.5 Å². The number of para-hydroxylation sites is 1. The van der Waals surface area contributed by atoms with Crippen molar-refractivity contribution in [2.75, 3.05) is 20.1 Å². The van der Waals surface area contributed by atoms with Gasteiger partial charge in [-0.2, -0.15) is 5.53 Å². The zero-order valence-electron chi connectivity index (χ0n) is 34.8. The third-order valence-corrected chi connectivity index (χ3v) is 12.6. The van der Waals surface area contributed by atoms with Crippen molar-refractivity contribution in [1.29, 1.82) is 5.53 Å². The summed E-state index contributed by atoms with van der Waals surface area (Å²) in [6.07, 6.45) is 7.85. The summed E-state index contributed by atoms with van der Waals surface area (Å²) in [6, 6.07) is 15.7. The van der Waals surface area contributed by atoms with Gasteiger partial charge >= 0.3 is 0 Å². The highest BCUT2D eigenvalue weighted by Crippen LogP contribution is 2.41. The number of fused-ring (bicyclic) bond motifs is 3. The van der Waals surface area contributed by atoms with Gasteiger partial charge in [0.1, 0.15) is 17.1 Å². The fourth-order valence-electron chi connectivity index (χ4n) is 7.58. The molecule has 0 saturated carbocycles. The molecule has 0 bridgehead atoms. The van der Waals surface area contributed by atoms with Crippen LogP contribution in [0.5, 0.6) is 0 Å². The summed E-state index contributed by atoms with van der Waals surface area (Å²) in [4.78, 5) is 67.2. The standard InChI is InChI=1S/C44H53ClN12O4S/c1-27(54-55-48)26-57-20-16-28(22-39(57)58)31-14-15-34(45)40-33(31)25-52-42(60)38(21-30-24-50-35-11-4-3-10-32(30)35)56(2)44(61)37(12-5-6-17-46)53-41(59)36(13-7-18-47)51-23-29-9-8-19-49-43(29)62-40/h3-4,8-11,14-16,19-20,22,24,36-38,48,50-51H,5-7,12-13,17-18,21,23,25-26,46-47H2,1-2H3,(H,52,60)(H,53,59)/b54-27+,55-48?/t36-,37-,38-/m0/s1. The normalized spacial score (nSPS) is 18.1. The molecule has 4 heterocycles. The zero-order chi connectivity index (χ0) is 44.2. The van der Waals surface area contributed by atoms with Crippen LogP contribution in [0.25, 0.3) is 22.0 Å². The molecule has 6 rings (SSSR count). The smallest absolute Gasteiger partial charge is 0.251 e. The lowest BCUT2D eigenvalue weighted by Gasteiger charge is -2.32. The second kappa shape index (κ2) is 21.9. The summed E-state index contributed by atoms with van der Waals surface area (Å²) < 4.78 is 1.46. The molecule has 0 saturated heterocycles. The Morgan fingerprint density at radius 1 is 0.968 bits per heavy atom. The molecule has 9 N–H and O–H groups in total. The second-order valence-corrected chi connectivity index (χ2v) is 16.7. The van der Waals surface area contributed by atoms with Crippen LogP contribution < -0.4 is 33.0 Å². The van der Waals surface area contributed by atoms with Crippen LogP contribution in [0.4, 0.5) is 0 Å². The fraction of sp³-hybridized carbons (Fsp3) is 0.364. The Morgan fingerprint density at radius 2 is 1.76 bits per heavy atom. The van der Waals surface area contributed by atoms with E-state index in [1.54, 1.807) is 38.5 Å². The molecule has 3 amide bonds. The maximum Gasteiger partial charge on any atom is 0.251 e. The van der Waals surface area contributed by atoms with Crippen LogP contribution in [0.15, 0.2) is 104 Å². The van der Waals surface area contributed by atoms with Gasteiger partial charge in [0.2, 0.25) is 17.7 Å². The predicted octanol–water partition coefficient (Wildman–Crippen LogP) is 5.11. The van der Waals surface area contributed by atoms with Gasteiger partial charge in [-0.1, -0.05) is 58.9 Å². The number of rotatable bonds is 13. The highest BCUT2D eigenvalue weighted by Gasteiger charge is 2.34. The van der Waals surface area contributed by atoms with Gasteiger partial charge in [0.15, 0.2) is 0 Å². The van der Waals surface area contributed by atoms with E-state index < -0.39 is 29.9 Å². The number of halogens is 1. The number of aromatic nitrogens is 3. The third kappa shape index (κ3) is 11.2. The number of benzene rings is 2. The molecular formula is C44H53ClN12O4S. The van der Waals surface area contributed by atoms with Gasteiger partial charge in [0.05, 0.1) is 23.3 Å². The van der Waals surface area contributed by atoms with Gasteiger partial charge in [0.25, 0.3) is 5.56 Å². The number of unbranched alkanes of at least 4 members (excludes halogenated alkanes) is 1. The topological polar surface area (TPSA) is 242 Å². The molecule has 3 atom stereocenters. The predicted molar refractivity (Wildman–Crippen MR) is 242 cm³/mol. The van der Waals surface area contributed by atoms with Crippen molar-refractivity contribution < 1.29 is 14.4 Å². The third-order valence-electron chi connectivity index (χ3n) is 10.9. The molecule has 62 heavy (non-hydrogen) atoms. The van der Waals surface area contributed by atoms with Crippen LogP contribution >= 0.6 is 23.4 Å². The molecule has 2 aromatic carbocycles. The Balaban J connectivity index is 1.48. The summed E-state index contributed by atoms with van der Waals surface area (Å²) >= 11 is 8.36. The Kier molecular flexibility index (Phi) is 16.2. The SMILES string of the molecule is C/C(Cn1ccc(-c2ccc(Cl)c3c2CNC(=O)[C@H](Cc2c[nH]c4ccccc24)N(C)C(=O)[C@H](CCCCN)NC(=O)[C@H](CCCN)NCc2cccnc2S3)cc1=O)=N\N=N. The maximum absolute atomic E-state index is 14.8. The highest BCUT2D eigenvalue weighted by atomic mass is 35.5. The van der Waals surface area contributed by atoms with Crippen LogP contribution in [-0.4, -0.2) is 81.1 Å². The van der Waals surface area contributed by atoms with Crippen LogP contribution in [0.1, 0.15) is 55.7 Å². The monoisotopic (exact) mass is 880 g/mol. The summed E-state index contributed by atoms with van der Waals surface area (Å²) in [5.74, 6) is -1.20. The van der Waals surface area contributed by atoms with E-state index in [4.69, 9.17) is 33.6 Å². The summed E-state index contributed by atoms with van der Waals surface area (Å²) in [6.45, 7) is 2.86.